The van der Waals surface area contributed by atoms with E-state index in [4.69, 9.17) is 4.74 Å². The summed E-state index contributed by atoms with van der Waals surface area (Å²) in [6.45, 7) is 3.89. The van der Waals surface area contributed by atoms with Gasteiger partial charge in [0.15, 0.2) is 12.4 Å². The summed E-state index contributed by atoms with van der Waals surface area (Å²) >= 11 is 0. The molecular weight excluding hydrogens is 296 g/mol. The highest BCUT2D eigenvalue weighted by molar-refractivity contribution is 5.77. The average molecular weight is 314 g/mol. The molecule has 0 aliphatic carbocycles. The van der Waals surface area contributed by atoms with Crippen molar-refractivity contribution in [3.05, 3.63) is 69.3 Å². The lowest BCUT2D eigenvalue weighted by Gasteiger charge is -2.09. The van der Waals surface area contributed by atoms with Gasteiger partial charge in [-0.3, -0.25) is 14.9 Å². The van der Waals surface area contributed by atoms with Gasteiger partial charge in [-0.05, 0) is 36.6 Å². The summed E-state index contributed by atoms with van der Waals surface area (Å²) in [5.74, 6) is -0.231. The summed E-state index contributed by atoms with van der Waals surface area (Å²) in [5, 5.41) is 13.7. The number of benzene rings is 2. The zero-order valence-corrected chi connectivity index (χ0v) is 13.0. The van der Waals surface area contributed by atoms with Gasteiger partial charge >= 0.3 is 5.69 Å². The lowest BCUT2D eigenvalue weighted by atomic mass is 10.1. The number of nitro groups is 1. The summed E-state index contributed by atoms with van der Waals surface area (Å²) in [5.41, 5.74) is 2.78. The van der Waals surface area contributed by atoms with Crippen LogP contribution in [-0.2, 0) is 11.3 Å². The van der Waals surface area contributed by atoms with Crippen LogP contribution in [-0.4, -0.2) is 17.4 Å². The summed E-state index contributed by atoms with van der Waals surface area (Å²) in [6, 6.07) is 12.3. The number of carbonyl (C=O) groups is 1. The Bertz CT molecular complexity index is 728. The molecule has 6 heteroatoms. The van der Waals surface area contributed by atoms with Gasteiger partial charge in [-0.1, -0.05) is 30.3 Å². The number of nitrogens with zero attached hydrogens (tertiary/aromatic N) is 1. The summed E-state index contributed by atoms with van der Waals surface area (Å²) < 4.78 is 5.31. The normalized spacial score (nSPS) is 10.2. The number of nitro benzene ring substituents is 1. The lowest BCUT2D eigenvalue weighted by molar-refractivity contribution is -0.385. The van der Waals surface area contributed by atoms with Gasteiger partial charge in [-0.2, -0.15) is 0 Å². The van der Waals surface area contributed by atoms with Crippen molar-refractivity contribution in [1.29, 1.82) is 0 Å². The highest BCUT2D eigenvalue weighted by Gasteiger charge is 2.16. The van der Waals surface area contributed by atoms with E-state index < -0.39 is 4.92 Å². The number of hydrogen-bond acceptors (Lipinski definition) is 4. The monoisotopic (exact) mass is 314 g/mol. The topological polar surface area (TPSA) is 81.5 Å². The van der Waals surface area contributed by atoms with Gasteiger partial charge in [-0.15, -0.1) is 0 Å². The van der Waals surface area contributed by atoms with Crippen molar-refractivity contribution >= 4 is 11.6 Å². The number of amides is 1. The first-order chi connectivity index (χ1) is 11.0. The van der Waals surface area contributed by atoms with Crippen molar-refractivity contribution in [3.8, 4) is 5.75 Å². The Morgan fingerprint density at radius 3 is 2.65 bits per heavy atom. The van der Waals surface area contributed by atoms with Crippen molar-refractivity contribution in [2.45, 2.75) is 20.4 Å². The number of aryl methyl sites for hydroxylation is 2. The van der Waals surface area contributed by atoms with E-state index in [1.54, 1.807) is 19.1 Å². The van der Waals surface area contributed by atoms with Gasteiger partial charge in [0.2, 0.25) is 0 Å². The van der Waals surface area contributed by atoms with Crippen LogP contribution >= 0.6 is 0 Å². The first kappa shape index (κ1) is 16.5. The van der Waals surface area contributed by atoms with Crippen molar-refractivity contribution in [2.75, 3.05) is 6.61 Å². The minimum absolute atomic E-state index is 0.0982. The van der Waals surface area contributed by atoms with Crippen LogP contribution in [0.3, 0.4) is 0 Å². The summed E-state index contributed by atoms with van der Waals surface area (Å²) in [4.78, 5) is 22.3. The van der Waals surface area contributed by atoms with Gasteiger partial charge in [0.05, 0.1) is 4.92 Å². The number of rotatable bonds is 6. The molecule has 120 valence electrons. The predicted molar refractivity (Wildman–Crippen MR) is 86.4 cm³/mol. The number of ether oxygens (including phenoxy) is 1. The van der Waals surface area contributed by atoms with E-state index in [1.807, 2.05) is 31.2 Å². The van der Waals surface area contributed by atoms with E-state index in [-0.39, 0.29) is 24.0 Å². The van der Waals surface area contributed by atoms with E-state index in [0.29, 0.717) is 6.54 Å². The Balaban J connectivity index is 1.93. The Morgan fingerprint density at radius 2 is 1.96 bits per heavy atom. The van der Waals surface area contributed by atoms with Crippen LogP contribution < -0.4 is 10.1 Å². The highest BCUT2D eigenvalue weighted by Crippen LogP contribution is 2.27. The SMILES string of the molecule is Cc1ccc([N+](=O)[O-])c(OCC(=O)NCc2ccccc2C)c1. The minimum atomic E-state index is -0.528. The molecule has 0 unspecified atom stereocenters. The third-order valence-corrected chi connectivity index (χ3v) is 3.41. The van der Waals surface area contributed by atoms with Crippen LogP contribution in [0.1, 0.15) is 16.7 Å². The first-order valence-corrected chi connectivity index (χ1v) is 7.16. The second-order valence-electron chi connectivity index (χ2n) is 5.22. The van der Waals surface area contributed by atoms with Crippen LogP contribution in [0.4, 0.5) is 5.69 Å². The van der Waals surface area contributed by atoms with Crippen LogP contribution in [0, 0.1) is 24.0 Å². The molecule has 0 aliphatic heterocycles. The van der Waals surface area contributed by atoms with Crippen LogP contribution in [0.15, 0.2) is 42.5 Å². The molecule has 2 aromatic rings. The molecule has 0 radical (unpaired) electrons. The van der Waals surface area contributed by atoms with E-state index in [9.17, 15) is 14.9 Å². The van der Waals surface area contributed by atoms with Crippen LogP contribution in [0.2, 0.25) is 0 Å². The molecule has 0 saturated carbocycles. The molecule has 0 fully saturated rings. The fourth-order valence-corrected chi connectivity index (χ4v) is 2.08. The molecule has 2 aromatic carbocycles. The Hall–Kier alpha value is -2.89. The molecule has 0 saturated heterocycles. The lowest BCUT2D eigenvalue weighted by Crippen LogP contribution is -2.28. The second-order valence-corrected chi connectivity index (χ2v) is 5.22. The van der Waals surface area contributed by atoms with E-state index in [1.165, 1.54) is 6.07 Å². The average Bonchev–Trinajstić information content (AvgIpc) is 2.52. The predicted octanol–water partition coefficient (Wildman–Crippen LogP) is 2.91. The van der Waals surface area contributed by atoms with Crippen molar-refractivity contribution < 1.29 is 14.5 Å². The van der Waals surface area contributed by atoms with E-state index >= 15 is 0 Å². The smallest absolute Gasteiger partial charge is 0.310 e. The molecule has 0 bridgehead atoms. The quantitative estimate of drug-likeness (QED) is 0.656. The molecule has 23 heavy (non-hydrogen) atoms. The molecule has 0 heterocycles. The Kier molecular flexibility index (Phi) is 5.30. The van der Waals surface area contributed by atoms with E-state index in [2.05, 4.69) is 5.32 Å². The van der Waals surface area contributed by atoms with Gasteiger partial charge in [0.1, 0.15) is 0 Å². The van der Waals surface area contributed by atoms with Crippen LogP contribution in [0.5, 0.6) is 5.75 Å². The molecule has 1 N–H and O–H groups in total. The molecular formula is C17H18N2O4. The Labute approximate surface area is 134 Å². The third-order valence-electron chi connectivity index (χ3n) is 3.41. The third kappa shape index (κ3) is 4.54. The minimum Gasteiger partial charge on any atom is -0.477 e. The van der Waals surface area contributed by atoms with Crippen molar-refractivity contribution in [1.82, 2.24) is 5.32 Å². The zero-order valence-electron chi connectivity index (χ0n) is 13.0. The van der Waals surface area contributed by atoms with E-state index in [0.717, 1.165) is 16.7 Å². The molecule has 6 nitrogen and oxygen atoms in total. The molecule has 0 atom stereocenters. The number of hydrogen-bond donors (Lipinski definition) is 1. The van der Waals surface area contributed by atoms with Gasteiger partial charge < -0.3 is 10.1 Å². The zero-order chi connectivity index (χ0) is 16.8. The van der Waals surface area contributed by atoms with Crippen molar-refractivity contribution in [2.24, 2.45) is 0 Å². The largest absolute Gasteiger partial charge is 0.477 e. The van der Waals surface area contributed by atoms with Gasteiger partial charge in [0, 0.05) is 12.6 Å². The maximum Gasteiger partial charge on any atom is 0.310 e. The fourth-order valence-electron chi connectivity index (χ4n) is 2.08. The van der Waals surface area contributed by atoms with Crippen LogP contribution in [0.25, 0.3) is 0 Å². The first-order valence-electron chi connectivity index (χ1n) is 7.16. The molecule has 0 aromatic heterocycles. The molecule has 2 rings (SSSR count). The molecule has 0 spiro atoms. The second kappa shape index (κ2) is 7.40. The highest BCUT2D eigenvalue weighted by atomic mass is 16.6. The maximum atomic E-state index is 11.9. The van der Waals surface area contributed by atoms with Crippen molar-refractivity contribution in [3.63, 3.8) is 0 Å². The number of carbonyl (C=O) groups excluding carboxylic acids is 1. The number of nitrogens with one attached hydrogen (secondary N) is 1. The van der Waals surface area contributed by atoms with Gasteiger partial charge in [-0.25, -0.2) is 0 Å². The summed E-state index contributed by atoms with van der Waals surface area (Å²) in [7, 11) is 0. The fraction of sp³-hybridized carbons (Fsp3) is 0.235. The molecule has 1 amide bonds. The van der Waals surface area contributed by atoms with Gasteiger partial charge in [0.25, 0.3) is 5.91 Å². The standard InChI is InChI=1S/C17H18N2O4/c1-12-7-8-15(19(21)22)16(9-12)23-11-17(20)18-10-14-6-4-3-5-13(14)2/h3-9H,10-11H2,1-2H3,(H,18,20). The maximum absolute atomic E-state index is 11.9. The Morgan fingerprint density at radius 1 is 1.22 bits per heavy atom. The summed E-state index contributed by atoms with van der Waals surface area (Å²) in [6.07, 6.45) is 0. The molecule has 0 aliphatic rings.